The van der Waals surface area contributed by atoms with Gasteiger partial charge in [-0.1, -0.05) is 45.0 Å². The normalized spacial score (nSPS) is 22.8. The summed E-state index contributed by atoms with van der Waals surface area (Å²) in [5.74, 6) is 0.652. The highest BCUT2D eigenvalue weighted by atomic mass is 28.4. The van der Waals surface area contributed by atoms with Crippen LogP contribution in [0.1, 0.15) is 85.0 Å². The van der Waals surface area contributed by atoms with Gasteiger partial charge in [-0.15, -0.1) is 0 Å². The Hall–Kier alpha value is -3.79. The number of nitrogens with zero attached hydrogens (tertiary/aromatic N) is 4. The van der Waals surface area contributed by atoms with E-state index in [4.69, 9.17) is 42.8 Å². The second-order valence-corrected chi connectivity index (χ2v) is 21.9. The van der Waals surface area contributed by atoms with Crippen LogP contribution in [-0.4, -0.2) is 84.6 Å². The summed E-state index contributed by atoms with van der Waals surface area (Å²) >= 11 is 0. The Morgan fingerprint density at radius 1 is 0.944 bits per heavy atom. The first-order valence-electron chi connectivity index (χ1n) is 18.3. The van der Waals surface area contributed by atoms with E-state index in [-0.39, 0.29) is 36.6 Å². The second-order valence-electron chi connectivity index (χ2n) is 17.1. The van der Waals surface area contributed by atoms with Crippen LogP contribution in [0.4, 0.5) is 10.7 Å². The van der Waals surface area contributed by atoms with E-state index in [1.54, 1.807) is 41.2 Å². The third-order valence-corrected chi connectivity index (χ3v) is 14.8. The highest BCUT2D eigenvalue weighted by Gasteiger charge is 2.67. The molecule has 1 aromatic heterocycles. The van der Waals surface area contributed by atoms with Crippen molar-refractivity contribution in [1.82, 2.24) is 15.0 Å². The van der Waals surface area contributed by atoms with E-state index in [1.807, 2.05) is 69.3 Å². The Balaban J connectivity index is 1.59. The van der Waals surface area contributed by atoms with Crippen molar-refractivity contribution in [2.24, 2.45) is 0 Å². The number of hydrogen-bond donors (Lipinski definition) is 1. The van der Waals surface area contributed by atoms with Gasteiger partial charge in [-0.25, -0.2) is 14.7 Å². The van der Waals surface area contributed by atoms with Crippen molar-refractivity contribution in [2.45, 2.75) is 129 Å². The fourth-order valence-corrected chi connectivity index (χ4v) is 7.57. The van der Waals surface area contributed by atoms with Crippen LogP contribution in [0.5, 0.6) is 17.4 Å². The SMILES string of the molecule is COc1ccc(COc2nc(N(Cc3ccc(OC)cc3)C(=O)OC(C)(C)C)ncc2[C@@H]2N(O)[C@H](CO[Si](C)(C)C(C)(C)C)[C@H]3OC(C)(C)O[C@]32C)cc1. The Morgan fingerprint density at radius 2 is 1.52 bits per heavy atom. The molecule has 296 valence electrons. The molecule has 0 radical (unpaired) electrons. The molecule has 0 bridgehead atoms. The first kappa shape index (κ1) is 41.4. The molecule has 54 heavy (non-hydrogen) atoms. The second kappa shape index (κ2) is 15.4. The summed E-state index contributed by atoms with van der Waals surface area (Å²) in [7, 11) is 0.996. The molecule has 1 N–H and O–H groups in total. The molecule has 0 unspecified atom stereocenters. The van der Waals surface area contributed by atoms with Crippen molar-refractivity contribution in [3.8, 4) is 17.4 Å². The molecular formula is C40H58N4O9Si. The first-order chi connectivity index (χ1) is 25.1. The average Bonchev–Trinajstić information content (AvgIpc) is 3.44. The van der Waals surface area contributed by atoms with E-state index in [0.717, 1.165) is 11.1 Å². The van der Waals surface area contributed by atoms with Gasteiger partial charge in [0.15, 0.2) is 14.1 Å². The smallest absolute Gasteiger partial charge is 0.417 e. The zero-order chi connectivity index (χ0) is 39.9. The number of anilines is 1. The van der Waals surface area contributed by atoms with E-state index in [0.29, 0.717) is 17.1 Å². The van der Waals surface area contributed by atoms with Crippen LogP contribution in [0.25, 0.3) is 0 Å². The van der Waals surface area contributed by atoms with Gasteiger partial charge in [-0.05, 0) is 95.1 Å². The van der Waals surface area contributed by atoms with Gasteiger partial charge in [0.2, 0.25) is 11.8 Å². The molecule has 1 amide bonds. The summed E-state index contributed by atoms with van der Waals surface area (Å²) in [6.07, 6.45) is 0.370. The summed E-state index contributed by atoms with van der Waals surface area (Å²) in [4.78, 5) is 24.8. The minimum Gasteiger partial charge on any atom is -0.497 e. The maximum Gasteiger partial charge on any atom is 0.417 e. The Kier molecular flexibility index (Phi) is 11.8. The molecule has 0 aliphatic carbocycles. The lowest BCUT2D eigenvalue weighted by Gasteiger charge is -2.38. The maximum atomic E-state index is 13.8. The minimum atomic E-state index is -2.21. The standard InChI is InChI=1S/C40H58N4O9Si/c1-37(2,3)52-36(45)43(23-26-14-18-28(47-10)19-15-26)35-41-22-30(34(42-35)49-24-27-16-20-29(48-11)21-17-27)32-40(9)33(51-39(7,8)53-40)31(44(32)46)25-50-54(12,13)38(4,5)6/h14-22,31-33,46H,23-25H2,1-13H3/t31-,32+,33-,40+/m1/s1. The van der Waals surface area contributed by atoms with Crippen molar-refractivity contribution < 1.29 is 42.8 Å². The zero-order valence-electron chi connectivity index (χ0n) is 34.1. The van der Waals surface area contributed by atoms with Crippen LogP contribution in [0.15, 0.2) is 54.7 Å². The van der Waals surface area contributed by atoms with Gasteiger partial charge >= 0.3 is 6.09 Å². The quantitative estimate of drug-likeness (QED) is 0.179. The lowest BCUT2D eigenvalue weighted by atomic mass is 9.89. The van der Waals surface area contributed by atoms with Gasteiger partial charge in [0.1, 0.15) is 35.4 Å². The lowest BCUT2D eigenvalue weighted by Crippen LogP contribution is -2.47. The van der Waals surface area contributed by atoms with Gasteiger partial charge in [-0.3, -0.25) is 0 Å². The molecule has 2 aliphatic rings. The van der Waals surface area contributed by atoms with Crippen LogP contribution in [0, 0.1) is 0 Å². The average molecular weight is 767 g/mol. The van der Waals surface area contributed by atoms with E-state index in [1.165, 1.54) is 9.96 Å². The van der Waals surface area contributed by atoms with Crippen LogP contribution < -0.4 is 19.1 Å². The first-order valence-corrected chi connectivity index (χ1v) is 21.2. The van der Waals surface area contributed by atoms with E-state index >= 15 is 0 Å². The largest absolute Gasteiger partial charge is 0.497 e. The highest BCUT2D eigenvalue weighted by Crippen LogP contribution is 2.55. The van der Waals surface area contributed by atoms with E-state index in [9.17, 15) is 10.0 Å². The van der Waals surface area contributed by atoms with Crippen LogP contribution in [0.3, 0.4) is 0 Å². The number of carbonyl (C=O) groups excluding carboxylic acids is 1. The molecule has 4 atom stereocenters. The fraction of sp³-hybridized carbons (Fsp3) is 0.575. The topological polar surface area (TPSA) is 134 Å². The minimum absolute atomic E-state index is 0.0428. The van der Waals surface area contributed by atoms with Crippen molar-refractivity contribution >= 4 is 20.4 Å². The van der Waals surface area contributed by atoms with E-state index in [2.05, 4.69) is 33.9 Å². The number of methoxy groups -OCH3 is 2. The number of fused-ring (bicyclic) bond motifs is 1. The predicted molar refractivity (Wildman–Crippen MR) is 207 cm³/mol. The van der Waals surface area contributed by atoms with Gasteiger partial charge in [0.05, 0.1) is 45.0 Å². The number of carbonyl (C=O) groups is 1. The molecule has 3 heterocycles. The summed E-state index contributed by atoms with van der Waals surface area (Å²) in [5.41, 5.74) is 0.235. The number of benzene rings is 2. The van der Waals surface area contributed by atoms with Crippen molar-refractivity contribution in [2.75, 3.05) is 25.7 Å². The molecule has 5 rings (SSSR count). The number of ether oxygens (including phenoxy) is 6. The molecule has 13 nitrogen and oxygen atoms in total. The molecule has 2 fully saturated rings. The third-order valence-electron chi connectivity index (χ3n) is 10.3. The maximum absolute atomic E-state index is 13.8. The summed E-state index contributed by atoms with van der Waals surface area (Å²) in [6, 6.07) is 13.4. The summed E-state index contributed by atoms with van der Waals surface area (Å²) in [6.45, 7) is 22.4. The predicted octanol–water partition coefficient (Wildman–Crippen LogP) is 8.06. The molecule has 2 aromatic carbocycles. The number of amides is 1. The molecule has 14 heteroatoms. The monoisotopic (exact) mass is 766 g/mol. The Labute approximate surface area is 320 Å². The molecular weight excluding hydrogens is 709 g/mol. The van der Waals surface area contributed by atoms with Crippen LogP contribution in [0.2, 0.25) is 18.1 Å². The number of aromatic nitrogens is 2. The molecule has 2 aliphatic heterocycles. The van der Waals surface area contributed by atoms with E-state index < -0.39 is 49.6 Å². The Morgan fingerprint density at radius 3 is 2.06 bits per heavy atom. The zero-order valence-corrected chi connectivity index (χ0v) is 35.1. The third kappa shape index (κ3) is 9.01. The highest BCUT2D eigenvalue weighted by molar-refractivity contribution is 6.74. The van der Waals surface area contributed by atoms with Gasteiger partial charge in [0, 0.05) is 6.20 Å². The number of rotatable bonds is 12. The molecule has 0 saturated carbocycles. The van der Waals surface area contributed by atoms with Crippen molar-refractivity contribution in [1.29, 1.82) is 0 Å². The van der Waals surface area contributed by atoms with Gasteiger partial charge < -0.3 is 38.1 Å². The van der Waals surface area contributed by atoms with Gasteiger partial charge in [0.25, 0.3) is 0 Å². The lowest BCUT2D eigenvalue weighted by molar-refractivity contribution is -0.233. The molecule has 2 saturated heterocycles. The summed E-state index contributed by atoms with van der Waals surface area (Å²) in [5, 5.41) is 13.3. The van der Waals surface area contributed by atoms with Gasteiger partial charge in [-0.2, -0.15) is 10.0 Å². The molecule has 3 aromatic rings. The van der Waals surface area contributed by atoms with Crippen molar-refractivity contribution in [3.05, 3.63) is 71.4 Å². The van der Waals surface area contributed by atoms with Crippen LogP contribution >= 0.6 is 0 Å². The van der Waals surface area contributed by atoms with Crippen LogP contribution in [-0.2, 0) is 31.8 Å². The Bertz CT molecular complexity index is 1760. The van der Waals surface area contributed by atoms with Crippen molar-refractivity contribution in [3.63, 3.8) is 0 Å². The summed E-state index contributed by atoms with van der Waals surface area (Å²) < 4.78 is 42.8. The number of hydroxylamine groups is 2. The number of hydrogen-bond acceptors (Lipinski definition) is 12. The molecule has 0 spiro atoms. The fourth-order valence-electron chi connectivity index (χ4n) is 6.55.